The van der Waals surface area contributed by atoms with Crippen molar-refractivity contribution in [3.8, 4) is 0 Å². The number of esters is 1. The van der Waals surface area contributed by atoms with Gasteiger partial charge in [0, 0.05) is 13.3 Å². The molecule has 1 aromatic rings. The number of hydrogen-bond acceptors (Lipinski definition) is 5. The number of carbonyl (C=O) groups is 3. The molecular weight excluding hydrogens is 290 g/mol. The quantitative estimate of drug-likeness (QED) is 0.671. The smallest absolute Gasteiger partial charge is 0.350 e. The molecule has 0 aliphatic rings. The van der Waals surface area contributed by atoms with Crippen molar-refractivity contribution < 1.29 is 19.1 Å². The number of thiophene rings is 1. The van der Waals surface area contributed by atoms with Gasteiger partial charge in [0.15, 0.2) is 0 Å². The second-order valence-electron chi connectivity index (χ2n) is 2.91. The molecule has 122 valence electrons. The zero-order valence-electron chi connectivity index (χ0n) is 14.0. The highest BCUT2D eigenvalue weighted by atomic mass is 32.1. The van der Waals surface area contributed by atoms with E-state index in [-0.39, 0.29) is 5.91 Å². The van der Waals surface area contributed by atoms with E-state index < -0.39 is 5.97 Å². The first-order valence-electron chi connectivity index (χ1n) is 6.93. The lowest BCUT2D eigenvalue weighted by Gasteiger charge is -2.01. The van der Waals surface area contributed by atoms with Crippen molar-refractivity contribution in [2.45, 2.75) is 48.0 Å². The molecule has 0 aliphatic heterocycles. The SMILES string of the molecule is CC.CC.CCC=O.COC(=O)c1sccc1NC(C)=O. The van der Waals surface area contributed by atoms with Crippen LogP contribution >= 0.6 is 11.3 Å². The third-order valence-corrected chi connectivity index (χ3v) is 2.41. The van der Waals surface area contributed by atoms with E-state index >= 15 is 0 Å². The maximum Gasteiger partial charge on any atom is 0.350 e. The van der Waals surface area contributed by atoms with Crippen molar-refractivity contribution in [1.29, 1.82) is 0 Å². The summed E-state index contributed by atoms with van der Waals surface area (Å²) in [7, 11) is 1.31. The van der Waals surface area contributed by atoms with Crippen LogP contribution < -0.4 is 5.32 Å². The number of nitrogens with one attached hydrogen (secondary N) is 1. The van der Waals surface area contributed by atoms with Gasteiger partial charge in [0.05, 0.1) is 12.8 Å². The predicted octanol–water partition coefficient (Wildman–Crippen LogP) is 4.14. The van der Waals surface area contributed by atoms with Gasteiger partial charge in [0.1, 0.15) is 11.2 Å². The Labute approximate surface area is 131 Å². The molecule has 0 unspecified atom stereocenters. The Hall–Kier alpha value is -1.69. The van der Waals surface area contributed by atoms with E-state index in [0.717, 1.165) is 6.29 Å². The average molecular weight is 317 g/mol. The van der Waals surface area contributed by atoms with E-state index in [9.17, 15) is 14.4 Å². The zero-order chi connectivity index (χ0) is 17.3. The first-order chi connectivity index (χ1) is 10.1. The monoisotopic (exact) mass is 317 g/mol. The topological polar surface area (TPSA) is 72.5 Å². The summed E-state index contributed by atoms with van der Waals surface area (Å²) in [5.41, 5.74) is 0.504. The maximum atomic E-state index is 11.1. The lowest BCUT2D eigenvalue weighted by molar-refractivity contribution is -0.114. The minimum absolute atomic E-state index is 0.205. The Morgan fingerprint density at radius 3 is 2.10 bits per heavy atom. The van der Waals surface area contributed by atoms with Crippen molar-refractivity contribution in [2.75, 3.05) is 12.4 Å². The van der Waals surface area contributed by atoms with Gasteiger partial charge in [0.25, 0.3) is 0 Å². The lowest BCUT2D eigenvalue weighted by Crippen LogP contribution is -2.09. The molecule has 0 bridgehead atoms. The van der Waals surface area contributed by atoms with Gasteiger partial charge in [-0.05, 0) is 11.4 Å². The highest BCUT2D eigenvalue weighted by Gasteiger charge is 2.13. The highest BCUT2D eigenvalue weighted by Crippen LogP contribution is 2.22. The van der Waals surface area contributed by atoms with Gasteiger partial charge in [-0.25, -0.2) is 4.79 Å². The molecule has 1 N–H and O–H groups in total. The van der Waals surface area contributed by atoms with E-state index in [4.69, 9.17) is 0 Å². The normalized spacial score (nSPS) is 7.57. The van der Waals surface area contributed by atoms with Crippen LogP contribution in [0.4, 0.5) is 5.69 Å². The van der Waals surface area contributed by atoms with Crippen LogP contribution in [-0.2, 0) is 14.3 Å². The van der Waals surface area contributed by atoms with E-state index in [1.807, 2.05) is 34.6 Å². The van der Waals surface area contributed by atoms with Gasteiger partial charge < -0.3 is 14.8 Å². The van der Waals surface area contributed by atoms with E-state index in [0.29, 0.717) is 17.0 Å². The molecule has 0 spiro atoms. The van der Waals surface area contributed by atoms with Gasteiger partial charge in [-0.1, -0.05) is 34.6 Å². The highest BCUT2D eigenvalue weighted by molar-refractivity contribution is 7.12. The summed E-state index contributed by atoms with van der Waals surface area (Å²) < 4.78 is 4.54. The van der Waals surface area contributed by atoms with Gasteiger partial charge in [-0.3, -0.25) is 4.79 Å². The summed E-state index contributed by atoms with van der Waals surface area (Å²) in [6.45, 7) is 11.2. The Morgan fingerprint density at radius 2 is 1.76 bits per heavy atom. The minimum atomic E-state index is -0.432. The maximum absolute atomic E-state index is 11.1. The fourth-order valence-electron chi connectivity index (χ4n) is 0.848. The van der Waals surface area contributed by atoms with Crippen molar-refractivity contribution >= 4 is 35.2 Å². The predicted molar refractivity (Wildman–Crippen MR) is 89.0 cm³/mol. The van der Waals surface area contributed by atoms with Crippen LogP contribution in [-0.4, -0.2) is 25.3 Å². The summed E-state index contributed by atoms with van der Waals surface area (Å²) in [5.74, 6) is -0.637. The molecule has 1 amide bonds. The average Bonchev–Trinajstić information content (AvgIpc) is 2.98. The molecule has 1 heterocycles. The van der Waals surface area contributed by atoms with Crippen molar-refractivity contribution in [1.82, 2.24) is 0 Å². The Kier molecular flexibility index (Phi) is 21.2. The summed E-state index contributed by atoms with van der Waals surface area (Å²) >= 11 is 1.23. The fraction of sp³-hybridized carbons (Fsp3) is 0.533. The second-order valence-corrected chi connectivity index (χ2v) is 3.83. The van der Waals surface area contributed by atoms with Crippen molar-refractivity contribution in [3.05, 3.63) is 16.3 Å². The number of amides is 1. The largest absolute Gasteiger partial charge is 0.465 e. The van der Waals surface area contributed by atoms with E-state index in [2.05, 4.69) is 10.1 Å². The number of rotatable bonds is 3. The summed E-state index contributed by atoms with van der Waals surface area (Å²) in [6.07, 6.45) is 1.51. The first kappa shape index (κ1) is 24.3. The van der Waals surface area contributed by atoms with E-state index in [1.165, 1.54) is 25.4 Å². The molecule has 0 atom stereocenters. The summed E-state index contributed by atoms with van der Waals surface area (Å²) in [4.78, 5) is 31.4. The van der Waals surface area contributed by atoms with Gasteiger partial charge >= 0.3 is 5.97 Å². The molecule has 0 fully saturated rings. The van der Waals surface area contributed by atoms with Crippen LogP contribution in [0.2, 0.25) is 0 Å². The van der Waals surface area contributed by atoms with Gasteiger partial charge in [-0.2, -0.15) is 0 Å². The molecule has 1 rings (SSSR count). The number of aldehydes is 1. The molecule has 0 radical (unpaired) electrons. The second kappa shape index (κ2) is 18.3. The molecular formula is C15H27NO4S. The standard InChI is InChI=1S/C8H9NO3S.C3H6O.2C2H6/c1-5(10)9-6-3-4-13-7(6)8(11)12-2;1-2-3-4;2*1-2/h3-4H,1-2H3,(H,9,10);3H,2H2,1H3;2*1-2H3. The van der Waals surface area contributed by atoms with Crippen LogP contribution in [0, 0.1) is 0 Å². The first-order valence-corrected chi connectivity index (χ1v) is 7.81. The van der Waals surface area contributed by atoms with Gasteiger partial charge in [-0.15, -0.1) is 11.3 Å². The third kappa shape index (κ3) is 13.1. The van der Waals surface area contributed by atoms with Crippen LogP contribution in [0.3, 0.4) is 0 Å². The Bertz CT molecular complexity index is 389. The van der Waals surface area contributed by atoms with Crippen molar-refractivity contribution in [3.63, 3.8) is 0 Å². The molecule has 0 aromatic carbocycles. The number of hydrogen-bond donors (Lipinski definition) is 1. The molecule has 0 saturated carbocycles. The van der Waals surface area contributed by atoms with Crippen LogP contribution in [0.15, 0.2) is 11.4 Å². The van der Waals surface area contributed by atoms with Crippen LogP contribution in [0.25, 0.3) is 0 Å². The minimum Gasteiger partial charge on any atom is -0.465 e. The molecule has 0 aliphatic carbocycles. The zero-order valence-corrected chi connectivity index (χ0v) is 14.8. The Morgan fingerprint density at radius 1 is 1.29 bits per heavy atom. The van der Waals surface area contributed by atoms with Crippen LogP contribution in [0.1, 0.15) is 57.6 Å². The van der Waals surface area contributed by atoms with Gasteiger partial charge in [0.2, 0.25) is 5.91 Å². The van der Waals surface area contributed by atoms with E-state index in [1.54, 1.807) is 11.4 Å². The molecule has 1 aromatic heterocycles. The fourth-order valence-corrected chi connectivity index (χ4v) is 1.61. The number of carbonyl (C=O) groups excluding carboxylic acids is 3. The molecule has 5 nitrogen and oxygen atoms in total. The number of ether oxygens (including phenoxy) is 1. The summed E-state index contributed by atoms with van der Waals surface area (Å²) in [5, 5.41) is 4.26. The number of anilines is 1. The van der Waals surface area contributed by atoms with Crippen molar-refractivity contribution in [2.24, 2.45) is 0 Å². The number of methoxy groups -OCH3 is 1. The summed E-state index contributed by atoms with van der Waals surface area (Å²) in [6, 6.07) is 1.66. The third-order valence-electron chi connectivity index (χ3n) is 1.51. The molecule has 0 saturated heterocycles. The van der Waals surface area contributed by atoms with Crippen LogP contribution in [0.5, 0.6) is 0 Å². The molecule has 21 heavy (non-hydrogen) atoms. The molecule has 6 heteroatoms. The lowest BCUT2D eigenvalue weighted by atomic mass is 10.4. The Balaban J connectivity index is -0.000000343.